The first-order chi connectivity index (χ1) is 9.18. The van der Waals surface area contributed by atoms with Gasteiger partial charge in [-0.25, -0.2) is 4.39 Å². The van der Waals surface area contributed by atoms with Gasteiger partial charge in [-0.1, -0.05) is 24.6 Å². The summed E-state index contributed by atoms with van der Waals surface area (Å²) in [6.07, 6.45) is 1.90. The number of carbonyl (C=O) groups excluding carboxylic acids is 1. The molecule has 1 aromatic carbocycles. The first kappa shape index (κ1) is 14.0. The maximum atomic E-state index is 13.4. The van der Waals surface area contributed by atoms with E-state index in [-0.39, 0.29) is 24.1 Å². The first-order valence-corrected chi connectivity index (χ1v) is 6.62. The molecule has 0 aliphatic carbocycles. The van der Waals surface area contributed by atoms with Gasteiger partial charge in [0.25, 0.3) is 0 Å². The third-order valence-corrected chi connectivity index (χ3v) is 3.36. The van der Waals surface area contributed by atoms with Crippen molar-refractivity contribution in [1.29, 1.82) is 0 Å². The van der Waals surface area contributed by atoms with Crippen molar-refractivity contribution in [3.63, 3.8) is 0 Å². The van der Waals surface area contributed by atoms with Crippen molar-refractivity contribution in [1.82, 2.24) is 10.6 Å². The van der Waals surface area contributed by atoms with Gasteiger partial charge in [0.1, 0.15) is 5.82 Å². The maximum Gasteiger partial charge on any atom is 0.237 e. The number of benzene rings is 1. The fraction of sp³-hybridized carbons (Fsp3) is 0.500. The van der Waals surface area contributed by atoms with E-state index < -0.39 is 11.9 Å². The molecule has 1 amide bonds. The molecule has 1 heterocycles. The summed E-state index contributed by atoms with van der Waals surface area (Å²) in [6, 6.07) is 5.85. The Bertz CT molecular complexity index is 433. The summed E-state index contributed by atoms with van der Waals surface area (Å²) in [6.45, 7) is 0.867. The largest absolute Gasteiger partial charge is 0.386 e. The lowest BCUT2D eigenvalue weighted by molar-refractivity contribution is -0.124. The summed E-state index contributed by atoms with van der Waals surface area (Å²) in [7, 11) is 0. The maximum absolute atomic E-state index is 13.4. The Morgan fingerprint density at radius 3 is 2.95 bits per heavy atom. The van der Waals surface area contributed by atoms with Gasteiger partial charge in [0.05, 0.1) is 12.1 Å². The number of aliphatic hydroxyl groups is 1. The number of aliphatic hydroxyl groups excluding tert-OH is 1. The molecule has 1 aliphatic rings. The van der Waals surface area contributed by atoms with E-state index in [9.17, 15) is 14.3 Å². The zero-order chi connectivity index (χ0) is 13.7. The quantitative estimate of drug-likeness (QED) is 0.765. The van der Waals surface area contributed by atoms with Crippen molar-refractivity contribution in [2.75, 3.05) is 13.1 Å². The molecule has 1 aromatic rings. The average molecular weight is 266 g/mol. The lowest BCUT2D eigenvalue weighted by Gasteiger charge is -2.23. The summed E-state index contributed by atoms with van der Waals surface area (Å²) >= 11 is 0. The number of halogens is 1. The Hall–Kier alpha value is -1.46. The minimum atomic E-state index is -1.02. The highest BCUT2D eigenvalue weighted by molar-refractivity contribution is 5.81. The number of nitrogens with one attached hydrogen (secondary N) is 2. The van der Waals surface area contributed by atoms with Crippen LogP contribution in [0.1, 0.15) is 30.9 Å². The van der Waals surface area contributed by atoms with E-state index in [1.54, 1.807) is 12.1 Å². The van der Waals surface area contributed by atoms with Gasteiger partial charge < -0.3 is 15.7 Å². The Morgan fingerprint density at radius 1 is 1.47 bits per heavy atom. The molecule has 0 spiro atoms. The van der Waals surface area contributed by atoms with Crippen molar-refractivity contribution in [2.45, 2.75) is 31.4 Å². The number of piperidine rings is 1. The molecule has 1 saturated heterocycles. The second-order valence-electron chi connectivity index (χ2n) is 4.78. The Balaban J connectivity index is 1.84. The summed E-state index contributed by atoms with van der Waals surface area (Å²) in [5.41, 5.74) is 0.208. The standard InChI is InChI=1S/C14H19FN2O2/c15-11-6-2-1-5-10(11)13(18)9-17-14(19)12-7-3-4-8-16-12/h1-2,5-6,12-13,16,18H,3-4,7-9H2,(H,17,19)/t12-,13+/m0/s1. The van der Waals surface area contributed by atoms with Crippen molar-refractivity contribution >= 4 is 5.91 Å². The summed E-state index contributed by atoms with van der Waals surface area (Å²) < 4.78 is 13.4. The molecule has 0 unspecified atom stereocenters. The normalized spacial score (nSPS) is 20.8. The topological polar surface area (TPSA) is 61.4 Å². The van der Waals surface area contributed by atoms with E-state index in [1.165, 1.54) is 12.1 Å². The lowest BCUT2D eigenvalue weighted by Crippen LogP contribution is -2.47. The van der Waals surface area contributed by atoms with Gasteiger partial charge in [0.15, 0.2) is 0 Å². The summed E-state index contributed by atoms with van der Waals surface area (Å²) in [5.74, 6) is -0.588. The van der Waals surface area contributed by atoms with E-state index in [1.807, 2.05) is 0 Å². The van der Waals surface area contributed by atoms with Crippen LogP contribution in [0.5, 0.6) is 0 Å². The van der Waals surface area contributed by atoms with E-state index in [2.05, 4.69) is 10.6 Å². The van der Waals surface area contributed by atoms with Crippen LogP contribution < -0.4 is 10.6 Å². The van der Waals surface area contributed by atoms with Gasteiger partial charge in [-0.05, 0) is 25.5 Å². The van der Waals surface area contributed by atoms with Gasteiger partial charge in [0, 0.05) is 12.1 Å². The summed E-state index contributed by atoms with van der Waals surface area (Å²) in [4.78, 5) is 11.8. The second kappa shape index (κ2) is 6.63. The van der Waals surface area contributed by atoms with E-state index in [0.717, 1.165) is 25.8 Å². The highest BCUT2D eigenvalue weighted by atomic mass is 19.1. The molecule has 4 nitrogen and oxygen atoms in total. The molecule has 0 radical (unpaired) electrons. The fourth-order valence-electron chi connectivity index (χ4n) is 2.25. The molecular formula is C14H19FN2O2. The molecule has 5 heteroatoms. The monoisotopic (exact) mass is 266 g/mol. The number of carbonyl (C=O) groups is 1. The molecule has 3 N–H and O–H groups in total. The number of hydrogen-bond donors (Lipinski definition) is 3. The number of amides is 1. The fourth-order valence-corrected chi connectivity index (χ4v) is 2.25. The van der Waals surface area contributed by atoms with Crippen LogP contribution in [0.4, 0.5) is 4.39 Å². The molecule has 19 heavy (non-hydrogen) atoms. The van der Waals surface area contributed by atoms with E-state index >= 15 is 0 Å². The van der Waals surface area contributed by atoms with Crippen LogP contribution >= 0.6 is 0 Å². The van der Waals surface area contributed by atoms with Crippen LogP contribution in [0.25, 0.3) is 0 Å². The van der Waals surface area contributed by atoms with Gasteiger partial charge in [-0.3, -0.25) is 4.79 Å². The Morgan fingerprint density at radius 2 is 2.26 bits per heavy atom. The smallest absolute Gasteiger partial charge is 0.237 e. The Kier molecular flexibility index (Phi) is 4.87. The molecule has 0 saturated carbocycles. The highest BCUT2D eigenvalue weighted by Crippen LogP contribution is 2.15. The van der Waals surface area contributed by atoms with Crippen LogP contribution in [0.3, 0.4) is 0 Å². The molecular weight excluding hydrogens is 247 g/mol. The van der Waals surface area contributed by atoms with Gasteiger partial charge in [-0.2, -0.15) is 0 Å². The molecule has 1 fully saturated rings. The number of rotatable bonds is 4. The van der Waals surface area contributed by atoms with Crippen molar-refractivity contribution in [2.24, 2.45) is 0 Å². The predicted molar refractivity (Wildman–Crippen MR) is 70.0 cm³/mol. The lowest BCUT2D eigenvalue weighted by atomic mass is 10.0. The van der Waals surface area contributed by atoms with Crippen LogP contribution in [0.15, 0.2) is 24.3 Å². The Labute approximate surface area is 112 Å². The highest BCUT2D eigenvalue weighted by Gasteiger charge is 2.21. The zero-order valence-electron chi connectivity index (χ0n) is 10.7. The average Bonchev–Trinajstić information content (AvgIpc) is 2.46. The SMILES string of the molecule is O=C(NC[C@@H](O)c1ccccc1F)[C@@H]1CCCCN1. The van der Waals surface area contributed by atoms with Gasteiger partial charge in [-0.15, -0.1) is 0 Å². The second-order valence-corrected chi connectivity index (χ2v) is 4.78. The molecule has 0 bridgehead atoms. The summed E-state index contributed by atoms with van der Waals surface area (Å²) in [5, 5.41) is 15.7. The molecule has 104 valence electrons. The minimum absolute atomic E-state index is 0.0257. The van der Waals surface area contributed by atoms with Crippen molar-refractivity contribution in [3.8, 4) is 0 Å². The molecule has 0 aromatic heterocycles. The van der Waals surface area contributed by atoms with Crippen LogP contribution in [0, 0.1) is 5.82 Å². The van der Waals surface area contributed by atoms with Crippen molar-refractivity contribution in [3.05, 3.63) is 35.6 Å². The van der Waals surface area contributed by atoms with Crippen LogP contribution in [-0.2, 0) is 4.79 Å². The third kappa shape index (κ3) is 3.75. The molecule has 2 atom stereocenters. The van der Waals surface area contributed by atoms with E-state index in [0.29, 0.717) is 0 Å². The van der Waals surface area contributed by atoms with Gasteiger partial charge in [0.2, 0.25) is 5.91 Å². The van der Waals surface area contributed by atoms with Gasteiger partial charge >= 0.3 is 0 Å². The first-order valence-electron chi connectivity index (χ1n) is 6.62. The molecule has 2 rings (SSSR count). The third-order valence-electron chi connectivity index (χ3n) is 3.36. The zero-order valence-corrected chi connectivity index (χ0v) is 10.7. The number of hydrogen-bond acceptors (Lipinski definition) is 3. The van der Waals surface area contributed by atoms with Crippen molar-refractivity contribution < 1.29 is 14.3 Å². The van der Waals surface area contributed by atoms with Crippen LogP contribution in [0.2, 0.25) is 0 Å². The minimum Gasteiger partial charge on any atom is -0.386 e. The molecule has 1 aliphatic heterocycles. The van der Waals surface area contributed by atoms with E-state index in [4.69, 9.17) is 0 Å². The predicted octanol–water partition coefficient (Wildman–Crippen LogP) is 1.12. The van der Waals surface area contributed by atoms with Crippen LogP contribution in [-0.4, -0.2) is 30.1 Å².